The summed E-state index contributed by atoms with van der Waals surface area (Å²) in [6, 6.07) is 0. The van der Waals surface area contributed by atoms with E-state index in [0.29, 0.717) is 25.2 Å². The van der Waals surface area contributed by atoms with Gasteiger partial charge in [-0.2, -0.15) is 0 Å². The number of carbonyl (C=O) groups is 1. The van der Waals surface area contributed by atoms with Gasteiger partial charge < -0.3 is 9.47 Å². The van der Waals surface area contributed by atoms with Gasteiger partial charge in [-0.3, -0.25) is 0 Å². The largest absolute Gasteiger partial charge is 0.494 e. The van der Waals surface area contributed by atoms with Gasteiger partial charge in [0.05, 0.1) is 12.4 Å². The van der Waals surface area contributed by atoms with Crippen molar-refractivity contribution in [2.75, 3.05) is 13.2 Å². The quantitative estimate of drug-likeness (QED) is 0.530. The van der Waals surface area contributed by atoms with Gasteiger partial charge in [-0.05, 0) is 38.0 Å². The maximum atomic E-state index is 11.4. The highest BCUT2D eigenvalue weighted by atomic mass is 16.5. The summed E-state index contributed by atoms with van der Waals surface area (Å²) in [5.41, 5.74) is 1.70. The van der Waals surface area contributed by atoms with Crippen LogP contribution in [0.4, 0.5) is 0 Å². The Hall–Kier alpha value is -1.51. The van der Waals surface area contributed by atoms with Crippen molar-refractivity contribution in [3.63, 3.8) is 0 Å². The molecule has 0 unspecified atom stereocenters. The van der Waals surface area contributed by atoms with Crippen LogP contribution in [0, 0.1) is 0 Å². The standard InChI is InChI=1S/C13H18O3/c1-4-15-13(14)11-5-7-12(8-6-11)16-9-10(2)3/h5,7H,2,4,6,8-9H2,1,3H3. The lowest BCUT2D eigenvalue weighted by Gasteiger charge is -2.14. The molecule has 0 N–H and O–H groups in total. The molecule has 0 atom stereocenters. The van der Waals surface area contributed by atoms with E-state index in [0.717, 1.165) is 17.8 Å². The van der Waals surface area contributed by atoms with Gasteiger partial charge in [-0.15, -0.1) is 0 Å². The molecule has 0 bridgehead atoms. The van der Waals surface area contributed by atoms with Crippen molar-refractivity contribution in [3.05, 3.63) is 35.6 Å². The number of allylic oxidation sites excluding steroid dienone is 3. The highest BCUT2D eigenvalue weighted by Gasteiger charge is 2.14. The Morgan fingerprint density at radius 2 is 2.19 bits per heavy atom. The number of ether oxygens (including phenoxy) is 2. The van der Waals surface area contributed by atoms with Gasteiger partial charge in [0.15, 0.2) is 0 Å². The molecule has 0 aromatic rings. The molecule has 0 heterocycles. The fourth-order valence-electron chi connectivity index (χ4n) is 1.35. The van der Waals surface area contributed by atoms with Crippen molar-refractivity contribution in [1.82, 2.24) is 0 Å². The topological polar surface area (TPSA) is 35.5 Å². The molecule has 0 radical (unpaired) electrons. The van der Waals surface area contributed by atoms with Crippen LogP contribution in [0.25, 0.3) is 0 Å². The van der Waals surface area contributed by atoms with E-state index >= 15 is 0 Å². The third-order valence-electron chi connectivity index (χ3n) is 2.15. The molecule has 3 nitrogen and oxygen atoms in total. The predicted octanol–water partition coefficient (Wildman–Crippen LogP) is 2.75. The molecule has 0 saturated heterocycles. The molecule has 0 saturated carbocycles. The van der Waals surface area contributed by atoms with E-state index in [4.69, 9.17) is 9.47 Å². The molecule has 0 fully saturated rings. The van der Waals surface area contributed by atoms with E-state index in [9.17, 15) is 4.79 Å². The van der Waals surface area contributed by atoms with Crippen LogP contribution in [0.2, 0.25) is 0 Å². The monoisotopic (exact) mass is 222 g/mol. The average molecular weight is 222 g/mol. The van der Waals surface area contributed by atoms with Gasteiger partial charge in [0, 0.05) is 12.0 Å². The molecule has 16 heavy (non-hydrogen) atoms. The first-order chi connectivity index (χ1) is 7.63. The molecular weight excluding hydrogens is 204 g/mol. The van der Waals surface area contributed by atoms with Gasteiger partial charge in [0.2, 0.25) is 0 Å². The van der Waals surface area contributed by atoms with Crippen LogP contribution in [-0.4, -0.2) is 19.2 Å². The zero-order valence-electron chi connectivity index (χ0n) is 9.91. The Labute approximate surface area is 96.4 Å². The smallest absolute Gasteiger partial charge is 0.333 e. The van der Waals surface area contributed by atoms with Crippen molar-refractivity contribution in [2.45, 2.75) is 26.7 Å². The molecule has 1 rings (SSSR count). The third kappa shape index (κ3) is 3.93. The molecule has 0 amide bonds. The van der Waals surface area contributed by atoms with Gasteiger partial charge >= 0.3 is 5.97 Å². The number of hydrogen-bond donors (Lipinski definition) is 0. The molecule has 0 aliphatic heterocycles. The van der Waals surface area contributed by atoms with Crippen LogP contribution in [0.15, 0.2) is 35.6 Å². The van der Waals surface area contributed by atoms with Crippen LogP contribution in [0.3, 0.4) is 0 Å². The molecular formula is C13H18O3. The lowest BCUT2D eigenvalue weighted by atomic mass is 10.0. The number of esters is 1. The van der Waals surface area contributed by atoms with E-state index in [1.165, 1.54) is 0 Å². The van der Waals surface area contributed by atoms with Crippen LogP contribution in [0.5, 0.6) is 0 Å². The summed E-state index contributed by atoms with van der Waals surface area (Å²) in [6.45, 7) is 8.44. The molecule has 1 aliphatic rings. The second-order valence-corrected chi connectivity index (χ2v) is 3.79. The predicted molar refractivity (Wildman–Crippen MR) is 62.8 cm³/mol. The normalized spacial score (nSPS) is 14.9. The van der Waals surface area contributed by atoms with Crippen LogP contribution < -0.4 is 0 Å². The minimum absolute atomic E-state index is 0.224. The van der Waals surface area contributed by atoms with Crippen molar-refractivity contribution in [2.24, 2.45) is 0 Å². The van der Waals surface area contributed by atoms with E-state index in [1.807, 2.05) is 13.0 Å². The van der Waals surface area contributed by atoms with E-state index in [-0.39, 0.29) is 5.97 Å². The second kappa shape index (κ2) is 6.16. The summed E-state index contributed by atoms with van der Waals surface area (Å²) < 4.78 is 10.4. The Bertz CT molecular complexity index is 337. The number of rotatable bonds is 5. The van der Waals surface area contributed by atoms with E-state index in [1.54, 1.807) is 13.0 Å². The Morgan fingerprint density at radius 3 is 2.69 bits per heavy atom. The molecule has 0 aromatic heterocycles. The third-order valence-corrected chi connectivity index (χ3v) is 2.15. The first-order valence-electron chi connectivity index (χ1n) is 5.47. The minimum atomic E-state index is -0.224. The van der Waals surface area contributed by atoms with Gasteiger partial charge in [-0.25, -0.2) is 4.79 Å². The number of carbonyl (C=O) groups excluding carboxylic acids is 1. The van der Waals surface area contributed by atoms with Crippen molar-refractivity contribution >= 4 is 5.97 Å². The minimum Gasteiger partial charge on any atom is -0.494 e. The maximum absolute atomic E-state index is 11.4. The van der Waals surface area contributed by atoms with E-state index in [2.05, 4.69) is 6.58 Å². The van der Waals surface area contributed by atoms with E-state index < -0.39 is 0 Å². The molecule has 3 heteroatoms. The van der Waals surface area contributed by atoms with Gasteiger partial charge in [0.1, 0.15) is 6.61 Å². The highest BCUT2D eigenvalue weighted by molar-refractivity contribution is 5.89. The number of hydrogen-bond acceptors (Lipinski definition) is 3. The fourth-order valence-corrected chi connectivity index (χ4v) is 1.35. The van der Waals surface area contributed by atoms with Gasteiger partial charge in [-0.1, -0.05) is 6.58 Å². The summed E-state index contributed by atoms with van der Waals surface area (Å²) >= 11 is 0. The van der Waals surface area contributed by atoms with Crippen molar-refractivity contribution < 1.29 is 14.3 Å². The highest BCUT2D eigenvalue weighted by Crippen LogP contribution is 2.20. The lowest BCUT2D eigenvalue weighted by molar-refractivity contribution is -0.138. The first-order valence-corrected chi connectivity index (χ1v) is 5.47. The average Bonchev–Trinajstić information content (AvgIpc) is 2.27. The summed E-state index contributed by atoms with van der Waals surface area (Å²) in [5, 5.41) is 0. The molecule has 88 valence electrons. The first kappa shape index (κ1) is 12.6. The van der Waals surface area contributed by atoms with Gasteiger partial charge in [0.25, 0.3) is 0 Å². The summed E-state index contributed by atoms with van der Waals surface area (Å²) in [4.78, 5) is 11.4. The Balaban J connectivity index is 2.50. The SMILES string of the molecule is C=C(C)COC1=CC=C(C(=O)OCC)CC1. The fraction of sp³-hybridized carbons (Fsp3) is 0.462. The summed E-state index contributed by atoms with van der Waals surface area (Å²) in [5.74, 6) is 0.675. The molecule has 1 aliphatic carbocycles. The van der Waals surface area contributed by atoms with Crippen LogP contribution in [0.1, 0.15) is 26.7 Å². The second-order valence-electron chi connectivity index (χ2n) is 3.79. The maximum Gasteiger partial charge on any atom is 0.333 e. The summed E-state index contributed by atoms with van der Waals surface area (Å²) in [6.07, 6.45) is 5.03. The van der Waals surface area contributed by atoms with Crippen molar-refractivity contribution in [1.29, 1.82) is 0 Å². The van der Waals surface area contributed by atoms with Crippen LogP contribution >= 0.6 is 0 Å². The molecule has 0 spiro atoms. The Morgan fingerprint density at radius 1 is 1.44 bits per heavy atom. The Kier molecular flexibility index (Phi) is 4.83. The lowest BCUT2D eigenvalue weighted by Crippen LogP contribution is -2.10. The zero-order valence-corrected chi connectivity index (χ0v) is 9.91. The zero-order chi connectivity index (χ0) is 12.0. The van der Waals surface area contributed by atoms with Crippen molar-refractivity contribution in [3.8, 4) is 0 Å². The summed E-state index contributed by atoms with van der Waals surface area (Å²) in [7, 11) is 0. The van der Waals surface area contributed by atoms with Crippen LogP contribution in [-0.2, 0) is 14.3 Å². The molecule has 0 aromatic carbocycles.